The van der Waals surface area contributed by atoms with Crippen LogP contribution in [0.1, 0.15) is 59.2 Å². The Morgan fingerprint density at radius 2 is 2.08 bits per heavy atom. The van der Waals surface area contributed by atoms with Crippen molar-refractivity contribution >= 4 is 44.6 Å². The van der Waals surface area contributed by atoms with Crippen LogP contribution in [0.25, 0.3) is 22.3 Å². The van der Waals surface area contributed by atoms with E-state index < -0.39 is 35.4 Å². The molecule has 1 amide bonds. The van der Waals surface area contributed by atoms with Gasteiger partial charge in [0.25, 0.3) is 5.56 Å². The number of hydrogen-bond acceptors (Lipinski definition) is 11. The number of halogens is 1. The molecule has 1 saturated heterocycles. The van der Waals surface area contributed by atoms with E-state index in [9.17, 15) is 19.5 Å². The van der Waals surface area contributed by atoms with E-state index in [0.29, 0.717) is 41.9 Å². The number of aryl methyl sites for hydroxylation is 1. The summed E-state index contributed by atoms with van der Waals surface area (Å²) in [4.78, 5) is 49.2. The fourth-order valence-corrected chi connectivity index (χ4v) is 9.61. The molecule has 4 aliphatic rings. The van der Waals surface area contributed by atoms with Gasteiger partial charge in [-0.3, -0.25) is 4.79 Å². The van der Waals surface area contributed by atoms with Gasteiger partial charge >= 0.3 is 12.1 Å². The number of carbonyl (C=O) groups excluding carboxylic acids is 2. The smallest absolute Gasteiger partial charge is 0.408 e. The lowest BCUT2D eigenvalue weighted by atomic mass is 9.81. The van der Waals surface area contributed by atoms with Gasteiger partial charge in [-0.25, -0.2) is 23.9 Å². The van der Waals surface area contributed by atoms with E-state index in [2.05, 4.69) is 10.3 Å². The number of nitrogens with zero attached hydrogens (tertiary/aromatic N) is 3. The average molecular weight is 691 g/mol. The molecule has 4 aromatic rings. The summed E-state index contributed by atoms with van der Waals surface area (Å²) in [6.45, 7) is 3.99. The third-order valence-corrected chi connectivity index (χ3v) is 12.5. The van der Waals surface area contributed by atoms with Crippen molar-refractivity contribution < 1.29 is 33.3 Å². The molecule has 2 N–H and O–H groups in total. The minimum absolute atomic E-state index is 0.0141. The number of pyridine rings is 3. The lowest BCUT2D eigenvalue weighted by Gasteiger charge is -2.31. The van der Waals surface area contributed by atoms with Crippen LogP contribution in [0, 0.1) is 12.7 Å². The van der Waals surface area contributed by atoms with Crippen LogP contribution in [0.4, 0.5) is 9.18 Å². The van der Waals surface area contributed by atoms with Crippen molar-refractivity contribution in [3.8, 4) is 11.4 Å². The second-order valence-electron chi connectivity index (χ2n) is 12.4. The first-order valence-electron chi connectivity index (χ1n) is 15.8. The summed E-state index contributed by atoms with van der Waals surface area (Å²) in [5.74, 6) is -1.20. The van der Waals surface area contributed by atoms with E-state index in [4.69, 9.17) is 19.2 Å². The minimum Gasteiger partial charge on any atom is -0.458 e. The summed E-state index contributed by atoms with van der Waals surface area (Å²) in [5, 5.41) is 15.9. The zero-order chi connectivity index (χ0) is 33.3. The van der Waals surface area contributed by atoms with Crippen LogP contribution in [0.2, 0.25) is 0 Å². The molecule has 3 aliphatic heterocycles. The molecular formula is C34H31FN4O7S2. The Morgan fingerprint density at radius 3 is 2.88 bits per heavy atom. The molecule has 248 valence electrons. The third kappa shape index (κ3) is 4.91. The van der Waals surface area contributed by atoms with Crippen molar-refractivity contribution in [3.05, 3.63) is 86.1 Å². The van der Waals surface area contributed by atoms with Crippen molar-refractivity contribution in [1.82, 2.24) is 19.9 Å². The van der Waals surface area contributed by atoms with Gasteiger partial charge in [-0.05, 0) is 71.9 Å². The van der Waals surface area contributed by atoms with E-state index in [0.717, 1.165) is 27.1 Å². The first-order valence-corrected chi connectivity index (χ1v) is 18.0. The summed E-state index contributed by atoms with van der Waals surface area (Å²) < 4.78 is 33.6. The van der Waals surface area contributed by atoms with Gasteiger partial charge in [0.15, 0.2) is 5.60 Å². The average Bonchev–Trinajstić information content (AvgIpc) is 3.69. The predicted molar refractivity (Wildman–Crippen MR) is 176 cm³/mol. The maximum atomic E-state index is 15.2. The van der Waals surface area contributed by atoms with Gasteiger partial charge in [0, 0.05) is 28.8 Å². The topological polar surface area (TPSA) is 142 Å². The van der Waals surface area contributed by atoms with Crippen LogP contribution in [-0.4, -0.2) is 56.3 Å². The molecule has 0 radical (unpaired) electrons. The number of fused-ring (bicyclic) bond motifs is 5. The van der Waals surface area contributed by atoms with Gasteiger partial charge in [0.05, 0.1) is 53.5 Å². The van der Waals surface area contributed by atoms with Crippen molar-refractivity contribution in [2.75, 3.05) is 13.2 Å². The van der Waals surface area contributed by atoms with Gasteiger partial charge in [-0.2, -0.15) is 0 Å². The number of amides is 1. The van der Waals surface area contributed by atoms with E-state index in [1.165, 1.54) is 16.9 Å². The zero-order valence-electron chi connectivity index (χ0n) is 26.1. The van der Waals surface area contributed by atoms with Gasteiger partial charge in [0.1, 0.15) is 23.6 Å². The fourth-order valence-electron chi connectivity index (χ4n) is 7.23. The highest BCUT2D eigenvalue weighted by molar-refractivity contribution is 8.76. The minimum atomic E-state index is -1.98. The van der Waals surface area contributed by atoms with Crippen molar-refractivity contribution in [2.24, 2.45) is 0 Å². The Bertz CT molecular complexity index is 2080. The molecule has 8 rings (SSSR count). The van der Waals surface area contributed by atoms with Gasteiger partial charge < -0.3 is 29.2 Å². The second-order valence-corrected chi connectivity index (χ2v) is 14.9. The maximum absolute atomic E-state index is 15.2. The summed E-state index contributed by atoms with van der Waals surface area (Å²) in [6.07, 6.45) is 1.65. The summed E-state index contributed by atoms with van der Waals surface area (Å²) in [7, 11) is 3.05. The molecule has 1 fully saturated rings. The van der Waals surface area contributed by atoms with Crippen molar-refractivity contribution in [3.63, 3.8) is 0 Å². The normalized spacial score (nSPS) is 23.8. The van der Waals surface area contributed by atoms with Crippen LogP contribution >= 0.6 is 21.6 Å². The predicted octanol–water partition coefficient (Wildman–Crippen LogP) is 4.84. The molecule has 6 heterocycles. The Morgan fingerprint density at radius 1 is 1.23 bits per heavy atom. The number of benzene rings is 1. The molecule has 1 aromatic carbocycles. The third-order valence-electron chi connectivity index (χ3n) is 9.80. The molecule has 0 unspecified atom stereocenters. The Hall–Kier alpha value is -3.98. The van der Waals surface area contributed by atoms with Crippen molar-refractivity contribution in [1.29, 1.82) is 0 Å². The Labute approximate surface area is 282 Å². The highest BCUT2D eigenvalue weighted by atomic mass is 33.1. The molecule has 0 bridgehead atoms. The standard InChI is InChI=1S/C34H31FN4O7S2/c1-3-34(43)20-10-24-30-18(12-39(24)31(40)19(20)13-45-32(34)41)29-22(8-7-17-16(2)21(35)11-23(37-30)28(17)29)38-33(42)46-25-14-44-15-26(25)47-48-27-6-4-5-9-36-27/h4-6,9-11,22,25-26,43H,3,7-8,12-15H2,1-2H3,(H,38,42)/t22-,25-,26-,34-/m0/s1. The molecule has 48 heavy (non-hydrogen) atoms. The van der Waals surface area contributed by atoms with Gasteiger partial charge in [-0.15, -0.1) is 0 Å². The van der Waals surface area contributed by atoms with Crippen LogP contribution in [-0.2, 0) is 44.2 Å². The second kappa shape index (κ2) is 11.9. The molecule has 11 nitrogen and oxygen atoms in total. The molecule has 3 aromatic heterocycles. The number of nitrogens with one attached hydrogen (secondary N) is 1. The van der Waals surface area contributed by atoms with Crippen LogP contribution < -0.4 is 10.9 Å². The highest BCUT2D eigenvalue weighted by Crippen LogP contribution is 2.46. The van der Waals surface area contributed by atoms with Crippen LogP contribution in [0.5, 0.6) is 0 Å². The van der Waals surface area contributed by atoms with Crippen LogP contribution in [0.15, 0.2) is 46.3 Å². The summed E-state index contributed by atoms with van der Waals surface area (Å²) in [5.41, 5.74) is 2.10. The van der Waals surface area contributed by atoms with Gasteiger partial charge in [0.2, 0.25) is 0 Å². The maximum Gasteiger partial charge on any atom is 0.408 e. The number of ether oxygens (including phenoxy) is 3. The number of carbonyl (C=O) groups is 2. The Kier molecular flexibility index (Phi) is 7.73. The summed E-state index contributed by atoms with van der Waals surface area (Å²) >= 11 is 0. The number of rotatable bonds is 6. The number of cyclic esters (lactones) is 1. The van der Waals surface area contributed by atoms with E-state index in [1.54, 1.807) is 41.5 Å². The summed E-state index contributed by atoms with van der Waals surface area (Å²) in [6, 6.07) is 8.18. The first-order chi connectivity index (χ1) is 23.2. The molecule has 4 atom stereocenters. The number of hydrogen-bond donors (Lipinski definition) is 2. The first kappa shape index (κ1) is 31.3. The SMILES string of the molecule is CC[C@@]1(O)C(=O)OCc2c1cc1n(c2=O)Cc2c-1nc1cc(F)c(C)c3c1c2[C@@H](NC(=O)O[C@H]1COC[C@@H]1SSc1ccccn1)CC3. The number of aromatic nitrogens is 3. The fraction of sp³-hybridized carbons (Fsp3) is 0.382. The number of esters is 1. The quantitative estimate of drug-likeness (QED) is 0.187. The lowest BCUT2D eigenvalue weighted by Crippen LogP contribution is -2.44. The molecule has 14 heteroatoms. The lowest BCUT2D eigenvalue weighted by molar-refractivity contribution is -0.172. The largest absolute Gasteiger partial charge is 0.458 e. The monoisotopic (exact) mass is 690 g/mol. The number of alkyl carbamates (subject to hydrolysis) is 1. The van der Waals surface area contributed by atoms with Crippen LogP contribution in [0.3, 0.4) is 0 Å². The van der Waals surface area contributed by atoms with E-state index in [1.807, 2.05) is 18.2 Å². The Balaban J connectivity index is 1.15. The zero-order valence-corrected chi connectivity index (χ0v) is 27.7. The molecule has 0 spiro atoms. The highest BCUT2D eigenvalue weighted by Gasteiger charge is 2.46. The molecular weight excluding hydrogens is 660 g/mol. The molecule has 0 saturated carbocycles. The van der Waals surface area contributed by atoms with E-state index in [-0.39, 0.29) is 48.4 Å². The van der Waals surface area contributed by atoms with Gasteiger partial charge in [-0.1, -0.05) is 23.8 Å². The number of aliphatic hydroxyl groups is 1. The van der Waals surface area contributed by atoms with E-state index >= 15 is 4.39 Å². The molecule has 1 aliphatic carbocycles. The van der Waals surface area contributed by atoms with Crippen molar-refractivity contribution in [2.45, 2.75) is 74.3 Å².